The highest BCUT2D eigenvalue weighted by Crippen LogP contribution is 2.22. The lowest BCUT2D eigenvalue weighted by Gasteiger charge is -2.37. The Morgan fingerprint density at radius 1 is 1.31 bits per heavy atom. The van der Waals surface area contributed by atoms with E-state index in [0.717, 1.165) is 19.1 Å². The van der Waals surface area contributed by atoms with Gasteiger partial charge < -0.3 is 10.2 Å². The molecule has 1 amide bonds. The average Bonchev–Trinajstić information content (AvgIpc) is 3.09. The Morgan fingerprint density at radius 2 is 2.06 bits per heavy atom. The van der Waals surface area contributed by atoms with E-state index in [0.29, 0.717) is 11.9 Å². The standard InChI is InChI=1S/C13H24N2O/c1-10(2)13(16)15-8-4-3-5-12(15)9-14-11-6-7-11/h10-12,14H,3-9H2,1-2H3. The Hall–Kier alpha value is -0.570. The fraction of sp³-hybridized carbons (Fsp3) is 0.923. The topological polar surface area (TPSA) is 32.3 Å². The van der Waals surface area contributed by atoms with E-state index in [4.69, 9.17) is 0 Å². The monoisotopic (exact) mass is 224 g/mol. The largest absolute Gasteiger partial charge is 0.338 e. The van der Waals surface area contributed by atoms with E-state index >= 15 is 0 Å². The molecule has 1 unspecified atom stereocenters. The SMILES string of the molecule is CC(C)C(=O)N1CCCCC1CNC1CC1. The van der Waals surface area contributed by atoms with E-state index in [-0.39, 0.29) is 5.92 Å². The third kappa shape index (κ3) is 2.97. The second kappa shape index (κ2) is 5.17. The van der Waals surface area contributed by atoms with Crippen molar-refractivity contribution in [2.75, 3.05) is 13.1 Å². The molecule has 2 rings (SSSR count). The molecule has 0 radical (unpaired) electrons. The van der Waals surface area contributed by atoms with Crippen molar-refractivity contribution < 1.29 is 4.79 Å². The normalized spacial score (nSPS) is 26.2. The predicted molar refractivity (Wildman–Crippen MR) is 65.2 cm³/mol. The van der Waals surface area contributed by atoms with Crippen LogP contribution in [0.4, 0.5) is 0 Å². The van der Waals surface area contributed by atoms with Crippen LogP contribution < -0.4 is 5.32 Å². The van der Waals surface area contributed by atoms with Gasteiger partial charge in [-0.2, -0.15) is 0 Å². The lowest BCUT2D eigenvalue weighted by Crippen LogP contribution is -2.50. The summed E-state index contributed by atoms with van der Waals surface area (Å²) in [6.45, 7) is 5.97. The minimum absolute atomic E-state index is 0.140. The van der Waals surface area contributed by atoms with Gasteiger partial charge in [-0.25, -0.2) is 0 Å². The fourth-order valence-corrected chi connectivity index (χ4v) is 2.42. The summed E-state index contributed by atoms with van der Waals surface area (Å²) in [7, 11) is 0. The lowest BCUT2D eigenvalue weighted by molar-refractivity contribution is -0.138. The van der Waals surface area contributed by atoms with Crippen molar-refractivity contribution in [3.8, 4) is 0 Å². The van der Waals surface area contributed by atoms with Crippen molar-refractivity contribution in [2.45, 2.75) is 58.0 Å². The third-order valence-corrected chi connectivity index (χ3v) is 3.62. The van der Waals surface area contributed by atoms with Crippen LogP contribution in [-0.2, 0) is 4.79 Å². The number of nitrogens with zero attached hydrogens (tertiary/aromatic N) is 1. The number of rotatable bonds is 4. The molecule has 3 heteroatoms. The minimum Gasteiger partial charge on any atom is -0.338 e. The molecule has 1 saturated heterocycles. The molecular weight excluding hydrogens is 200 g/mol. The number of amides is 1. The zero-order chi connectivity index (χ0) is 11.5. The van der Waals surface area contributed by atoms with E-state index in [1.54, 1.807) is 0 Å². The van der Waals surface area contributed by atoms with Gasteiger partial charge in [0.25, 0.3) is 0 Å². The first-order chi connectivity index (χ1) is 7.68. The van der Waals surface area contributed by atoms with Gasteiger partial charge in [0.2, 0.25) is 5.91 Å². The Bertz CT molecular complexity index is 248. The quantitative estimate of drug-likeness (QED) is 0.789. The molecule has 16 heavy (non-hydrogen) atoms. The molecule has 0 bridgehead atoms. The molecule has 1 heterocycles. The first-order valence-electron chi connectivity index (χ1n) is 6.72. The fourth-order valence-electron chi connectivity index (χ4n) is 2.42. The third-order valence-electron chi connectivity index (χ3n) is 3.62. The van der Waals surface area contributed by atoms with Crippen LogP contribution in [-0.4, -0.2) is 36.0 Å². The molecule has 0 aromatic carbocycles. The van der Waals surface area contributed by atoms with Crippen molar-refractivity contribution in [2.24, 2.45) is 5.92 Å². The number of carbonyl (C=O) groups is 1. The van der Waals surface area contributed by atoms with Gasteiger partial charge in [-0.05, 0) is 32.1 Å². The highest BCUT2D eigenvalue weighted by Gasteiger charge is 2.29. The zero-order valence-corrected chi connectivity index (χ0v) is 10.5. The molecule has 1 N–H and O–H groups in total. The van der Waals surface area contributed by atoms with Gasteiger partial charge in [-0.15, -0.1) is 0 Å². The van der Waals surface area contributed by atoms with Gasteiger partial charge >= 0.3 is 0 Å². The second-order valence-electron chi connectivity index (χ2n) is 5.52. The summed E-state index contributed by atoms with van der Waals surface area (Å²) in [5.74, 6) is 0.476. The minimum atomic E-state index is 0.140. The van der Waals surface area contributed by atoms with Gasteiger partial charge in [-0.1, -0.05) is 13.8 Å². The number of hydrogen-bond donors (Lipinski definition) is 1. The number of hydrogen-bond acceptors (Lipinski definition) is 2. The molecule has 2 fully saturated rings. The maximum Gasteiger partial charge on any atom is 0.225 e. The smallest absolute Gasteiger partial charge is 0.225 e. The summed E-state index contributed by atoms with van der Waals surface area (Å²) in [4.78, 5) is 14.2. The summed E-state index contributed by atoms with van der Waals surface area (Å²) >= 11 is 0. The maximum absolute atomic E-state index is 12.1. The predicted octanol–water partition coefficient (Wildman–Crippen LogP) is 1.78. The molecule has 1 atom stereocenters. The summed E-state index contributed by atoms with van der Waals surface area (Å²) in [5.41, 5.74) is 0. The molecule has 92 valence electrons. The van der Waals surface area contributed by atoms with Gasteiger partial charge in [0.1, 0.15) is 0 Å². The van der Waals surface area contributed by atoms with Crippen LogP contribution in [0.3, 0.4) is 0 Å². The molecule has 0 aromatic rings. The van der Waals surface area contributed by atoms with Crippen LogP contribution in [0.1, 0.15) is 46.0 Å². The number of nitrogens with one attached hydrogen (secondary N) is 1. The molecule has 2 aliphatic rings. The summed E-state index contributed by atoms with van der Waals surface area (Å²) in [6.07, 6.45) is 6.28. The molecular formula is C13H24N2O. The first kappa shape index (κ1) is 11.9. The first-order valence-corrected chi connectivity index (χ1v) is 6.72. The number of piperidine rings is 1. The van der Waals surface area contributed by atoms with E-state index < -0.39 is 0 Å². The van der Waals surface area contributed by atoms with Crippen molar-refractivity contribution in [3.05, 3.63) is 0 Å². The molecule has 3 nitrogen and oxygen atoms in total. The maximum atomic E-state index is 12.1. The second-order valence-corrected chi connectivity index (χ2v) is 5.52. The molecule has 1 aliphatic heterocycles. The Morgan fingerprint density at radius 3 is 2.69 bits per heavy atom. The molecule has 0 aromatic heterocycles. The highest BCUT2D eigenvalue weighted by molar-refractivity contribution is 5.78. The van der Waals surface area contributed by atoms with Crippen LogP contribution in [0.5, 0.6) is 0 Å². The van der Waals surface area contributed by atoms with E-state index in [2.05, 4.69) is 10.2 Å². The van der Waals surface area contributed by atoms with E-state index in [1.165, 1.54) is 32.1 Å². The van der Waals surface area contributed by atoms with Crippen LogP contribution >= 0.6 is 0 Å². The van der Waals surface area contributed by atoms with Crippen molar-refractivity contribution in [1.29, 1.82) is 0 Å². The van der Waals surface area contributed by atoms with Gasteiger partial charge in [0.05, 0.1) is 0 Å². The van der Waals surface area contributed by atoms with Crippen LogP contribution in [0.25, 0.3) is 0 Å². The van der Waals surface area contributed by atoms with Crippen molar-refractivity contribution in [3.63, 3.8) is 0 Å². The Kier molecular flexibility index (Phi) is 3.85. The Labute approximate surface area is 98.6 Å². The van der Waals surface area contributed by atoms with E-state index in [1.807, 2.05) is 13.8 Å². The van der Waals surface area contributed by atoms with Gasteiger partial charge in [0, 0.05) is 31.1 Å². The van der Waals surface area contributed by atoms with Crippen LogP contribution in [0.15, 0.2) is 0 Å². The Balaban J connectivity index is 1.87. The number of carbonyl (C=O) groups excluding carboxylic acids is 1. The van der Waals surface area contributed by atoms with E-state index in [9.17, 15) is 4.79 Å². The van der Waals surface area contributed by atoms with Gasteiger partial charge in [0.15, 0.2) is 0 Å². The van der Waals surface area contributed by atoms with Crippen molar-refractivity contribution >= 4 is 5.91 Å². The van der Waals surface area contributed by atoms with Crippen LogP contribution in [0.2, 0.25) is 0 Å². The summed E-state index contributed by atoms with van der Waals surface area (Å²) in [5, 5.41) is 3.56. The number of likely N-dealkylation sites (tertiary alicyclic amines) is 1. The van der Waals surface area contributed by atoms with Gasteiger partial charge in [-0.3, -0.25) is 4.79 Å². The average molecular weight is 224 g/mol. The van der Waals surface area contributed by atoms with Crippen molar-refractivity contribution in [1.82, 2.24) is 10.2 Å². The highest BCUT2D eigenvalue weighted by atomic mass is 16.2. The summed E-state index contributed by atoms with van der Waals surface area (Å²) in [6, 6.07) is 1.20. The molecule has 0 spiro atoms. The molecule has 1 aliphatic carbocycles. The van der Waals surface area contributed by atoms with Crippen LogP contribution in [0, 0.1) is 5.92 Å². The zero-order valence-electron chi connectivity index (χ0n) is 10.5. The summed E-state index contributed by atoms with van der Waals surface area (Å²) < 4.78 is 0. The lowest BCUT2D eigenvalue weighted by atomic mass is 10.00. The molecule has 1 saturated carbocycles.